The van der Waals surface area contributed by atoms with Crippen molar-refractivity contribution in [2.24, 2.45) is 0 Å². The Morgan fingerprint density at radius 3 is 2.11 bits per heavy atom. The molecule has 2 rings (SSSR count). The van der Waals surface area contributed by atoms with Crippen molar-refractivity contribution in [3.05, 3.63) is 56.9 Å². The van der Waals surface area contributed by atoms with Crippen LogP contribution in [-0.2, 0) is 0 Å². The maximum absolute atomic E-state index is 5.72. The van der Waals surface area contributed by atoms with Gasteiger partial charge in [0, 0.05) is 10.0 Å². The van der Waals surface area contributed by atoms with Gasteiger partial charge in [0.2, 0.25) is 0 Å². The average Bonchev–Trinajstić information content (AvgIpc) is 2.59. The van der Waals surface area contributed by atoms with Crippen LogP contribution in [-0.4, -0.2) is 7.05 Å². The van der Waals surface area contributed by atoms with Gasteiger partial charge in [-0.2, -0.15) is 0 Å². The molecule has 0 aliphatic carbocycles. The minimum atomic E-state index is 0.176. The smallest absolute Gasteiger partial charge is 0.106 e. The lowest BCUT2D eigenvalue weighted by Crippen LogP contribution is -2.18. The molecule has 96 valence electrons. The van der Waals surface area contributed by atoms with E-state index < -0.39 is 0 Å². The van der Waals surface area contributed by atoms with E-state index in [2.05, 4.69) is 52.4 Å². The van der Waals surface area contributed by atoms with E-state index in [4.69, 9.17) is 4.42 Å². The van der Waals surface area contributed by atoms with Gasteiger partial charge in [-0.25, -0.2) is 0 Å². The van der Waals surface area contributed by atoms with Crippen LogP contribution in [0.15, 0.2) is 33.2 Å². The summed E-state index contributed by atoms with van der Waals surface area (Å²) >= 11 is 3.47. The SMILES string of the molecule is CNC(c1ccc(Br)cc1)c1c(C)oc(C)c1C. The Morgan fingerprint density at radius 1 is 1.06 bits per heavy atom. The van der Waals surface area contributed by atoms with Crippen LogP contribution in [0.2, 0.25) is 0 Å². The Kier molecular flexibility index (Phi) is 3.93. The van der Waals surface area contributed by atoms with Crippen molar-refractivity contribution in [1.82, 2.24) is 5.32 Å². The fourth-order valence-electron chi connectivity index (χ4n) is 2.37. The molecule has 0 fully saturated rings. The van der Waals surface area contributed by atoms with Crippen LogP contribution in [0.1, 0.15) is 34.3 Å². The molecule has 1 aromatic carbocycles. The van der Waals surface area contributed by atoms with Gasteiger partial charge in [0.1, 0.15) is 11.5 Å². The lowest BCUT2D eigenvalue weighted by molar-refractivity contribution is 0.495. The second kappa shape index (κ2) is 5.29. The van der Waals surface area contributed by atoms with E-state index in [1.165, 1.54) is 16.7 Å². The zero-order valence-electron chi connectivity index (χ0n) is 11.2. The fraction of sp³-hybridized carbons (Fsp3) is 0.333. The number of hydrogen-bond donors (Lipinski definition) is 1. The number of furan rings is 1. The van der Waals surface area contributed by atoms with Crippen molar-refractivity contribution in [1.29, 1.82) is 0 Å². The predicted molar refractivity (Wildman–Crippen MR) is 78.0 cm³/mol. The topological polar surface area (TPSA) is 25.2 Å². The van der Waals surface area contributed by atoms with Crippen molar-refractivity contribution >= 4 is 15.9 Å². The first-order chi connectivity index (χ1) is 8.54. The first-order valence-electron chi connectivity index (χ1n) is 6.03. The number of nitrogens with one attached hydrogen (secondary N) is 1. The van der Waals surface area contributed by atoms with E-state index >= 15 is 0 Å². The van der Waals surface area contributed by atoms with Crippen LogP contribution in [0.25, 0.3) is 0 Å². The Morgan fingerprint density at radius 2 is 1.67 bits per heavy atom. The number of aryl methyl sites for hydroxylation is 2. The molecule has 0 saturated carbocycles. The van der Waals surface area contributed by atoms with Crippen molar-refractivity contribution in [2.75, 3.05) is 7.05 Å². The van der Waals surface area contributed by atoms with Crippen molar-refractivity contribution in [3.8, 4) is 0 Å². The van der Waals surface area contributed by atoms with Crippen molar-refractivity contribution in [2.45, 2.75) is 26.8 Å². The van der Waals surface area contributed by atoms with Crippen LogP contribution in [0.4, 0.5) is 0 Å². The third-order valence-electron chi connectivity index (χ3n) is 3.40. The van der Waals surface area contributed by atoms with Crippen LogP contribution < -0.4 is 5.32 Å². The Labute approximate surface area is 117 Å². The molecule has 1 aromatic heterocycles. The largest absolute Gasteiger partial charge is 0.466 e. The molecule has 0 aliphatic heterocycles. The van der Waals surface area contributed by atoms with E-state index in [1.54, 1.807) is 0 Å². The van der Waals surface area contributed by atoms with Gasteiger partial charge < -0.3 is 9.73 Å². The summed E-state index contributed by atoms with van der Waals surface area (Å²) in [7, 11) is 1.98. The van der Waals surface area contributed by atoms with E-state index in [0.717, 1.165) is 16.0 Å². The number of benzene rings is 1. The zero-order valence-corrected chi connectivity index (χ0v) is 12.8. The normalized spacial score (nSPS) is 12.7. The number of halogens is 1. The van der Waals surface area contributed by atoms with Gasteiger partial charge in [-0.3, -0.25) is 0 Å². The number of rotatable bonds is 3. The Hall–Kier alpha value is -1.06. The summed E-state index contributed by atoms with van der Waals surface area (Å²) in [6, 6.07) is 8.57. The second-order valence-corrected chi connectivity index (χ2v) is 5.44. The van der Waals surface area contributed by atoms with Crippen LogP contribution in [0.3, 0.4) is 0 Å². The molecule has 0 saturated heterocycles. The zero-order chi connectivity index (χ0) is 13.3. The van der Waals surface area contributed by atoms with Gasteiger partial charge in [0.25, 0.3) is 0 Å². The molecule has 1 N–H and O–H groups in total. The molecule has 0 aliphatic rings. The highest BCUT2D eigenvalue weighted by Gasteiger charge is 2.21. The van der Waals surface area contributed by atoms with Crippen LogP contribution in [0, 0.1) is 20.8 Å². The Balaban J connectivity index is 2.48. The third-order valence-corrected chi connectivity index (χ3v) is 3.93. The van der Waals surface area contributed by atoms with E-state index in [0.29, 0.717) is 0 Å². The minimum Gasteiger partial charge on any atom is -0.466 e. The Bertz CT molecular complexity index is 542. The predicted octanol–water partition coefficient (Wildman–Crippen LogP) is 4.28. The molecular weight excluding hydrogens is 290 g/mol. The summed E-state index contributed by atoms with van der Waals surface area (Å²) < 4.78 is 6.82. The molecule has 2 aromatic rings. The quantitative estimate of drug-likeness (QED) is 0.915. The standard InChI is InChI=1S/C15H18BrNO/c1-9-10(2)18-11(3)14(9)15(17-4)12-5-7-13(16)8-6-12/h5-8,15,17H,1-4H3. The second-order valence-electron chi connectivity index (χ2n) is 4.53. The summed E-state index contributed by atoms with van der Waals surface area (Å²) in [5.74, 6) is 1.99. The molecule has 0 spiro atoms. The van der Waals surface area contributed by atoms with Crippen LogP contribution in [0.5, 0.6) is 0 Å². The third kappa shape index (κ3) is 2.38. The van der Waals surface area contributed by atoms with Gasteiger partial charge in [-0.05, 0) is 51.1 Å². The first-order valence-corrected chi connectivity index (χ1v) is 6.83. The fourth-order valence-corrected chi connectivity index (χ4v) is 2.63. The highest BCUT2D eigenvalue weighted by atomic mass is 79.9. The average molecular weight is 308 g/mol. The van der Waals surface area contributed by atoms with Crippen molar-refractivity contribution < 1.29 is 4.42 Å². The maximum Gasteiger partial charge on any atom is 0.106 e. The van der Waals surface area contributed by atoms with Crippen molar-refractivity contribution in [3.63, 3.8) is 0 Å². The summed E-state index contributed by atoms with van der Waals surface area (Å²) in [6.45, 7) is 6.16. The minimum absolute atomic E-state index is 0.176. The highest BCUT2D eigenvalue weighted by Crippen LogP contribution is 2.31. The first kappa shape index (κ1) is 13.4. The van der Waals surface area contributed by atoms with E-state index in [9.17, 15) is 0 Å². The monoisotopic (exact) mass is 307 g/mol. The highest BCUT2D eigenvalue weighted by molar-refractivity contribution is 9.10. The van der Waals surface area contributed by atoms with E-state index in [-0.39, 0.29) is 6.04 Å². The van der Waals surface area contributed by atoms with Gasteiger partial charge in [-0.15, -0.1) is 0 Å². The van der Waals surface area contributed by atoms with Gasteiger partial charge in [0.15, 0.2) is 0 Å². The molecular formula is C15H18BrNO. The molecule has 0 bridgehead atoms. The lowest BCUT2D eigenvalue weighted by Gasteiger charge is -2.17. The van der Waals surface area contributed by atoms with Gasteiger partial charge >= 0.3 is 0 Å². The van der Waals surface area contributed by atoms with Crippen LogP contribution >= 0.6 is 15.9 Å². The number of hydrogen-bond acceptors (Lipinski definition) is 2. The molecule has 1 heterocycles. The summed E-state index contributed by atoms with van der Waals surface area (Å²) in [4.78, 5) is 0. The molecule has 18 heavy (non-hydrogen) atoms. The van der Waals surface area contributed by atoms with E-state index in [1.807, 2.05) is 20.9 Å². The molecule has 0 amide bonds. The van der Waals surface area contributed by atoms with Gasteiger partial charge in [-0.1, -0.05) is 28.1 Å². The maximum atomic E-state index is 5.72. The molecule has 1 atom stereocenters. The molecule has 1 unspecified atom stereocenters. The van der Waals surface area contributed by atoms with Gasteiger partial charge in [0.05, 0.1) is 6.04 Å². The summed E-state index contributed by atoms with van der Waals surface area (Å²) in [5, 5.41) is 3.37. The molecule has 2 nitrogen and oxygen atoms in total. The lowest BCUT2D eigenvalue weighted by atomic mass is 9.96. The summed E-state index contributed by atoms with van der Waals surface area (Å²) in [5.41, 5.74) is 3.72. The molecule has 3 heteroatoms. The summed E-state index contributed by atoms with van der Waals surface area (Å²) in [6.07, 6.45) is 0. The molecule has 0 radical (unpaired) electrons.